The summed E-state index contributed by atoms with van der Waals surface area (Å²) in [5.74, 6) is -0.650. The number of fused-ring (bicyclic) bond motifs is 1. The van der Waals surface area contributed by atoms with Crippen LogP contribution in [0.15, 0.2) is 53.6 Å². The van der Waals surface area contributed by atoms with Gasteiger partial charge in [0, 0.05) is 11.3 Å². The fourth-order valence-electron chi connectivity index (χ4n) is 3.43. The van der Waals surface area contributed by atoms with Crippen molar-refractivity contribution in [3.63, 3.8) is 0 Å². The Morgan fingerprint density at radius 2 is 1.93 bits per heavy atom. The third-order valence-corrected chi connectivity index (χ3v) is 6.25. The van der Waals surface area contributed by atoms with E-state index in [0.29, 0.717) is 26.2 Å². The molecule has 0 radical (unpaired) electrons. The lowest BCUT2D eigenvalue weighted by molar-refractivity contribution is 0.103. The number of aryl methyl sites for hydroxylation is 3. The average Bonchev–Trinajstić information content (AvgIpc) is 3.05. The van der Waals surface area contributed by atoms with Crippen LogP contribution in [-0.2, 0) is 6.54 Å². The zero-order chi connectivity index (χ0) is 21.4. The Morgan fingerprint density at radius 1 is 1.17 bits per heavy atom. The number of amides is 1. The van der Waals surface area contributed by atoms with Crippen LogP contribution in [0.5, 0.6) is 0 Å². The number of nitrogens with zero attached hydrogens (tertiary/aromatic N) is 2. The summed E-state index contributed by atoms with van der Waals surface area (Å²) in [5, 5.41) is 3.32. The molecule has 2 aromatic heterocycles. The fraction of sp³-hybridized carbons (Fsp3) is 0.174. The number of benzene rings is 2. The summed E-state index contributed by atoms with van der Waals surface area (Å²) >= 11 is 1.18. The van der Waals surface area contributed by atoms with Crippen molar-refractivity contribution < 1.29 is 9.18 Å². The molecule has 4 aromatic rings. The lowest BCUT2D eigenvalue weighted by Gasteiger charge is -2.08. The molecule has 5 nitrogen and oxygen atoms in total. The number of thiophene rings is 1. The molecule has 0 saturated heterocycles. The van der Waals surface area contributed by atoms with Gasteiger partial charge in [-0.15, -0.1) is 11.3 Å². The number of carbonyl (C=O) groups excluding carboxylic acids is 1. The van der Waals surface area contributed by atoms with Crippen LogP contribution in [0.2, 0.25) is 0 Å². The molecule has 1 amide bonds. The van der Waals surface area contributed by atoms with Crippen LogP contribution in [0.1, 0.15) is 31.9 Å². The summed E-state index contributed by atoms with van der Waals surface area (Å²) in [4.78, 5) is 31.2. The molecule has 0 fully saturated rings. The Hall–Kier alpha value is -3.32. The van der Waals surface area contributed by atoms with E-state index in [1.807, 2.05) is 32.0 Å². The Labute approximate surface area is 176 Å². The molecule has 2 aromatic carbocycles. The summed E-state index contributed by atoms with van der Waals surface area (Å²) in [5.41, 5.74) is 3.50. The summed E-state index contributed by atoms with van der Waals surface area (Å²) < 4.78 is 15.4. The highest BCUT2D eigenvalue weighted by molar-refractivity contribution is 7.20. The van der Waals surface area contributed by atoms with Crippen LogP contribution >= 0.6 is 11.3 Å². The van der Waals surface area contributed by atoms with Gasteiger partial charge in [-0.25, -0.2) is 9.37 Å². The van der Waals surface area contributed by atoms with Gasteiger partial charge in [-0.2, -0.15) is 0 Å². The van der Waals surface area contributed by atoms with E-state index in [-0.39, 0.29) is 23.8 Å². The first kappa shape index (κ1) is 20.0. The maximum absolute atomic E-state index is 14.0. The van der Waals surface area contributed by atoms with Crippen molar-refractivity contribution in [2.75, 3.05) is 5.32 Å². The van der Waals surface area contributed by atoms with Crippen molar-refractivity contribution in [2.45, 2.75) is 27.3 Å². The first-order valence-electron chi connectivity index (χ1n) is 9.45. The molecule has 2 heterocycles. The number of rotatable bonds is 4. The van der Waals surface area contributed by atoms with Gasteiger partial charge in [0.2, 0.25) is 0 Å². The van der Waals surface area contributed by atoms with Crippen molar-refractivity contribution in [2.24, 2.45) is 0 Å². The summed E-state index contributed by atoms with van der Waals surface area (Å²) in [7, 11) is 0. The van der Waals surface area contributed by atoms with E-state index in [0.717, 1.165) is 16.8 Å². The molecule has 4 rings (SSSR count). The second-order valence-electron chi connectivity index (χ2n) is 7.28. The number of hydrogen-bond acceptors (Lipinski definition) is 4. The van der Waals surface area contributed by atoms with Crippen LogP contribution in [0.25, 0.3) is 10.2 Å². The maximum Gasteiger partial charge on any atom is 0.266 e. The number of nitrogens with one attached hydrogen (secondary N) is 1. The first-order valence-corrected chi connectivity index (χ1v) is 10.3. The quantitative estimate of drug-likeness (QED) is 0.514. The molecule has 30 heavy (non-hydrogen) atoms. The minimum absolute atomic E-state index is 0.0772. The van der Waals surface area contributed by atoms with E-state index < -0.39 is 0 Å². The van der Waals surface area contributed by atoms with Crippen LogP contribution in [0.4, 0.5) is 10.1 Å². The standard InChI is InChI=1S/C23H20FN3O2S/c1-13-8-9-18(14(2)10-13)26-21(28)20-15(3)19-22(30-20)25-12-27(23(19)29)11-16-6-4-5-7-17(16)24/h4-10,12H,11H2,1-3H3,(H,26,28). The zero-order valence-electron chi connectivity index (χ0n) is 16.8. The van der Waals surface area contributed by atoms with Gasteiger partial charge in [-0.3, -0.25) is 14.2 Å². The molecular weight excluding hydrogens is 401 g/mol. The van der Waals surface area contributed by atoms with E-state index >= 15 is 0 Å². The first-order chi connectivity index (χ1) is 14.3. The lowest BCUT2D eigenvalue weighted by Crippen LogP contribution is -2.21. The van der Waals surface area contributed by atoms with Gasteiger partial charge in [-0.05, 0) is 44.0 Å². The van der Waals surface area contributed by atoms with Gasteiger partial charge in [0.1, 0.15) is 10.6 Å². The Bertz CT molecular complexity index is 1340. The van der Waals surface area contributed by atoms with Crippen molar-refractivity contribution in [1.82, 2.24) is 9.55 Å². The van der Waals surface area contributed by atoms with Crippen LogP contribution in [0.3, 0.4) is 0 Å². The SMILES string of the molecule is Cc1ccc(NC(=O)c2sc3ncn(Cc4ccccc4F)c(=O)c3c2C)c(C)c1. The van der Waals surface area contributed by atoms with Gasteiger partial charge in [0.05, 0.1) is 23.1 Å². The summed E-state index contributed by atoms with van der Waals surface area (Å²) in [6, 6.07) is 12.1. The molecule has 0 saturated carbocycles. The van der Waals surface area contributed by atoms with E-state index in [9.17, 15) is 14.0 Å². The predicted octanol–water partition coefficient (Wildman–Crippen LogP) is 4.82. The highest BCUT2D eigenvalue weighted by Gasteiger charge is 2.20. The molecule has 0 aliphatic rings. The fourth-order valence-corrected chi connectivity index (χ4v) is 4.47. The average molecular weight is 421 g/mol. The van der Waals surface area contributed by atoms with Gasteiger partial charge in [0.25, 0.3) is 11.5 Å². The number of anilines is 1. The predicted molar refractivity (Wildman–Crippen MR) is 118 cm³/mol. The van der Waals surface area contributed by atoms with Gasteiger partial charge >= 0.3 is 0 Å². The molecule has 7 heteroatoms. The van der Waals surface area contributed by atoms with Crippen LogP contribution in [-0.4, -0.2) is 15.5 Å². The number of carbonyl (C=O) groups is 1. The highest BCUT2D eigenvalue weighted by atomic mass is 32.1. The maximum atomic E-state index is 14.0. The van der Waals surface area contributed by atoms with Gasteiger partial charge < -0.3 is 5.32 Å². The third-order valence-electron chi connectivity index (χ3n) is 5.05. The van der Waals surface area contributed by atoms with Gasteiger partial charge in [-0.1, -0.05) is 35.9 Å². The molecule has 0 spiro atoms. The van der Waals surface area contributed by atoms with Gasteiger partial charge in [0.15, 0.2) is 0 Å². The second-order valence-corrected chi connectivity index (χ2v) is 8.28. The Balaban J connectivity index is 1.70. The number of hydrogen-bond donors (Lipinski definition) is 1. The van der Waals surface area contributed by atoms with E-state index in [1.54, 1.807) is 25.1 Å². The number of aromatic nitrogens is 2. The minimum atomic E-state index is -0.375. The zero-order valence-corrected chi connectivity index (χ0v) is 17.6. The Morgan fingerprint density at radius 3 is 2.67 bits per heavy atom. The third kappa shape index (κ3) is 3.64. The second kappa shape index (κ2) is 7.84. The van der Waals surface area contributed by atoms with Crippen molar-refractivity contribution in [3.05, 3.63) is 92.1 Å². The van der Waals surface area contributed by atoms with Crippen LogP contribution in [0, 0.1) is 26.6 Å². The topological polar surface area (TPSA) is 64.0 Å². The molecule has 0 aliphatic carbocycles. The molecular formula is C23H20FN3O2S. The molecule has 152 valence electrons. The Kier molecular flexibility index (Phi) is 5.22. The summed E-state index contributed by atoms with van der Waals surface area (Å²) in [6.07, 6.45) is 1.40. The largest absolute Gasteiger partial charge is 0.321 e. The monoisotopic (exact) mass is 421 g/mol. The molecule has 1 N–H and O–H groups in total. The van der Waals surface area contributed by atoms with Crippen molar-refractivity contribution in [1.29, 1.82) is 0 Å². The smallest absolute Gasteiger partial charge is 0.266 e. The molecule has 0 bridgehead atoms. The summed E-state index contributed by atoms with van der Waals surface area (Å²) in [6.45, 7) is 5.75. The normalized spacial score (nSPS) is 11.1. The molecule has 0 unspecified atom stereocenters. The van der Waals surface area contributed by atoms with Crippen LogP contribution < -0.4 is 10.9 Å². The van der Waals surface area contributed by atoms with E-state index in [4.69, 9.17) is 0 Å². The van der Waals surface area contributed by atoms with E-state index in [1.165, 1.54) is 28.3 Å². The molecule has 0 atom stereocenters. The van der Waals surface area contributed by atoms with Crippen molar-refractivity contribution >= 4 is 33.1 Å². The molecule has 0 aliphatic heterocycles. The van der Waals surface area contributed by atoms with Crippen molar-refractivity contribution in [3.8, 4) is 0 Å². The lowest BCUT2D eigenvalue weighted by atomic mass is 10.1. The number of halogens is 1. The highest BCUT2D eigenvalue weighted by Crippen LogP contribution is 2.28. The minimum Gasteiger partial charge on any atom is -0.321 e. The van der Waals surface area contributed by atoms with E-state index in [2.05, 4.69) is 10.3 Å².